The van der Waals surface area contributed by atoms with E-state index in [-0.39, 0.29) is 0 Å². The minimum atomic E-state index is 0.429. The SMILES string of the molecule is Cc1ccc(C)c(Oc2ccc(N)c(C#N)c2)c1. The molecule has 3 nitrogen and oxygen atoms in total. The molecule has 2 aromatic rings. The highest BCUT2D eigenvalue weighted by atomic mass is 16.5. The predicted octanol–water partition coefficient (Wildman–Crippen LogP) is 3.55. The van der Waals surface area contributed by atoms with E-state index in [1.54, 1.807) is 18.2 Å². The van der Waals surface area contributed by atoms with Gasteiger partial charge in [-0.3, -0.25) is 0 Å². The quantitative estimate of drug-likeness (QED) is 0.814. The normalized spacial score (nSPS) is 9.83. The first-order valence-electron chi connectivity index (χ1n) is 5.65. The Morgan fingerprint density at radius 1 is 1.11 bits per heavy atom. The molecule has 18 heavy (non-hydrogen) atoms. The van der Waals surface area contributed by atoms with Crippen molar-refractivity contribution in [2.45, 2.75) is 13.8 Å². The van der Waals surface area contributed by atoms with Gasteiger partial charge in [-0.15, -0.1) is 0 Å². The Bertz CT molecular complexity index is 627. The van der Waals surface area contributed by atoms with Crippen LogP contribution in [0.15, 0.2) is 36.4 Å². The van der Waals surface area contributed by atoms with Crippen LogP contribution in [0.1, 0.15) is 16.7 Å². The number of ether oxygens (including phenoxy) is 1. The van der Waals surface area contributed by atoms with Gasteiger partial charge in [-0.2, -0.15) is 5.26 Å². The van der Waals surface area contributed by atoms with Gasteiger partial charge < -0.3 is 10.5 Å². The Hall–Kier alpha value is -2.47. The van der Waals surface area contributed by atoms with Crippen LogP contribution < -0.4 is 10.5 Å². The van der Waals surface area contributed by atoms with Crippen molar-refractivity contribution in [3.05, 3.63) is 53.1 Å². The third kappa shape index (κ3) is 2.44. The van der Waals surface area contributed by atoms with Crippen molar-refractivity contribution in [3.8, 4) is 17.6 Å². The van der Waals surface area contributed by atoms with Gasteiger partial charge in [-0.05, 0) is 43.2 Å². The van der Waals surface area contributed by atoms with Gasteiger partial charge in [0.25, 0.3) is 0 Å². The van der Waals surface area contributed by atoms with Crippen LogP contribution in [0.4, 0.5) is 5.69 Å². The van der Waals surface area contributed by atoms with Crippen molar-refractivity contribution in [1.29, 1.82) is 5.26 Å². The number of nitrogen functional groups attached to an aromatic ring is 1. The molecule has 0 bridgehead atoms. The Morgan fingerprint density at radius 2 is 1.89 bits per heavy atom. The molecule has 0 unspecified atom stereocenters. The molecule has 90 valence electrons. The van der Waals surface area contributed by atoms with Crippen LogP contribution >= 0.6 is 0 Å². The lowest BCUT2D eigenvalue weighted by molar-refractivity contribution is 0.478. The Balaban J connectivity index is 2.34. The van der Waals surface area contributed by atoms with Gasteiger partial charge >= 0.3 is 0 Å². The summed E-state index contributed by atoms with van der Waals surface area (Å²) in [6.45, 7) is 3.99. The van der Waals surface area contributed by atoms with Crippen LogP contribution in [0, 0.1) is 25.2 Å². The zero-order valence-electron chi connectivity index (χ0n) is 10.4. The molecule has 0 heterocycles. The second kappa shape index (κ2) is 4.80. The summed E-state index contributed by atoms with van der Waals surface area (Å²) in [4.78, 5) is 0. The van der Waals surface area contributed by atoms with Crippen molar-refractivity contribution in [2.75, 3.05) is 5.73 Å². The average Bonchev–Trinajstić information content (AvgIpc) is 2.36. The van der Waals surface area contributed by atoms with E-state index in [9.17, 15) is 0 Å². The highest BCUT2D eigenvalue weighted by Gasteiger charge is 2.05. The second-order valence-corrected chi connectivity index (χ2v) is 4.23. The monoisotopic (exact) mass is 238 g/mol. The number of anilines is 1. The van der Waals surface area contributed by atoms with Gasteiger partial charge in [0.2, 0.25) is 0 Å². The lowest BCUT2D eigenvalue weighted by Gasteiger charge is -2.10. The largest absolute Gasteiger partial charge is 0.457 e. The molecule has 0 saturated heterocycles. The third-order valence-corrected chi connectivity index (χ3v) is 2.72. The van der Waals surface area contributed by atoms with Crippen LogP contribution in [0.5, 0.6) is 11.5 Å². The number of aryl methyl sites for hydroxylation is 2. The number of nitrogens with two attached hydrogens (primary N) is 1. The fourth-order valence-corrected chi connectivity index (χ4v) is 1.64. The summed E-state index contributed by atoms with van der Waals surface area (Å²) in [5.74, 6) is 1.41. The molecule has 0 radical (unpaired) electrons. The molecule has 2 N–H and O–H groups in total. The van der Waals surface area contributed by atoms with Crippen molar-refractivity contribution >= 4 is 5.69 Å². The van der Waals surface area contributed by atoms with Crippen LogP contribution in [-0.2, 0) is 0 Å². The fourth-order valence-electron chi connectivity index (χ4n) is 1.64. The zero-order valence-corrected chi connectivity index (χ0v) is 10.4. The van der Waals surface area contributed by atoms with E-state index in [1.165, 1.54) is 0 Å². The molecule has 2 rings (SSSR count). The van der Waals surface area contributed by atoms with E-state index in [1.807, 2.05) is 38.1 Å². The predicted molar refractivity (Wildman–Crippen MR) is 71.6 cm³/mol. The zero-order chi connectivity index (χ0) is 13.1. The third-order valence-electron chi connectivity index (χ3n) is 2.72. The summed E-state index contributed by atoms with van der Waals surface area (Å²) in [6.07, 6.45) is 0. The number of nitrogens with zero attached hydrogens (tertiary/aromatic N) is 1. The Morgan fingerprint density at radius 3 is 2.61 bits per heavy atom. The first-order chi connectivity index (χ1) is 8.60. The number of rotatable bonds is 2. The Labute approximate surface area is 106 Å². The first kappa shape index (κ1) is 12.0. The number of hydrogen-bond donors (Lipinski definition) is 1. The summed E-state index contributed by atoms with van der Waals surface area (Å²) >= 11 is 0. The van der Waals surface area contributed by atoms with Gasteiger partial charge in [-0.25, -0.2) is 0 Å². The molecule has 3 heteroatoms. The van der Waals surface area contributed by atoms with E-state index < -0.39 is 0 Å². The van der Waals surface area contributed by atoms with Crippen molar-refractivity contribution < 1.29 is 4.74 Å². The molecule has 2 aromatic carbocycles. The number of nitriles is 1. The van der Waals surface area contributed by atoms with Crippen LogP contribution in [0.3, 0.4) is 0 Å². The molecule has 0 aliphatic carbocycles. The van der Waals surface area contributed by atoms with E-state index in [0.29, 0.717) is 17.0 Å². The van der Waals surface area contributed by atoms with Gasteiger partial charge in [0.05, 0.1) is 5.56 Å². The van der Waals surface area contributed by atoms with Crippen molar-refractivity contribution in [1.82, 2.24) is 0 Å². The average molecular weight is 238 g/mol. The highest BCUT2D eigenvalue weighted by Crippen LogP contribution is 2.28. The molecule has 0 aromatic heterocycles. The lowest BCUT2D eigenvalue weighted by Crippen LogP contribution is -1.93. The highest BCUT2D eigenvalue weighted by molar-refractivity contribution is 5.57. The van der Waals surface area contributed by atoms with E-state index >= 15 is 0 Å². The minimum absolute atomic E-state index is 0.429. The Kier molecular flexibility index (Phi) is 3.20. The maximum Gasteiger partial charge on any atom is 0.130 e. The summed E-state index contributed by atoms with van der Waals surface area (Å²) in [7, 11) is 0. The van der Waals surface area contributed by atoms with Crippen LogP contribution in [0.2, 0.25) is 0 Å². The molecule has 0 saturated carbocycles. The molecule has 0 atom stereocenters. The lowest BCUT2D eigenvalue weighted by atomic mass is 10.1. The van der Waals surface area contributed by atoms with Gasteiger partial charge in [0.1, 0.15) is 17.6 Å². The van der Waals surface area contributed by atoms with Crippen molar-refractivity contribution in [2.24, 2.45) is 0 Å². The summed E-state index contributed by atoms with van der Waals surface area (Å²) in [5.41, 5.74) is 8.74. The molecule has 0 spiro atoms. The van der Waals surface area contributed by atoms with Gasteiger partial charge in [-0.1, -0.05) is 12.1 Å². The summed E-state index contributed by atoms with van der Waals surface area (Å²) in [6, 6.07) is 13.1. The first-order valence-corrected chi connectivity index (χ1v) is 5.65. The van der Waals surface area contributed by atoms with E-state index in [4.69, 9.17) is 15.7 Å². The minimum Gasteiger partial charge on any atom is -0.457 e. The molecule has 0 aliphatic rings. The second-order valence-electron chi connectivity index (χ2n) is 4.23. The van der Waals surface area contributed by atoms with E-state index in [2.05, 4.69) is 0 Å². The van der Waals surface area contributed by atoms with E-state index in [0.717, 1.165) is 16.9 Å². The topological polar surface area (TPSA) is 59.0 Å². The van der Waals surface area contributed by atoms with Gasteiger partial charge in [0.15, 0.2) is 0 Å². The smallest absolute Gasteiger partial charge is 0.130 e. The molecule has 0 aliphatic heterocycles. The standard InChI is InChI=1S/C15H14N2O/c1-10-3-4-11(2)15(7-10)18-13-5-6-14(17)12(8-13)9-16/h3-8H,17H2,1-2H3. The maximum atomic E-state index is 8.92. The van der Waals surface area contributed by atoms with Gasteiger partial charge in [0, 0.05) is 11.8 Å². The molecule has 0 amide bonds. The summed E-state index contributed by atoms with van der Waals surface area (Å²) in [5, 5.41) is 8.92. The fraction of sp³-hybridized carbons (Fsp3) is 0.133. The van der Waals surface area contributed by atoms with Crippen LogP contribution in [0.25, 0.3) is 0 Å². The van der Waals surface area contributed by atoms with Crippen molar-refractivity contribution in [3.63, 3.8) is 0 Å². The maximum absolute atomic E-state index is 8.92. The molecular formula is C15H14N2O. The van der Waals surface area contributed by atoms with Crippen LogP contribution in [-0.4, -0.2) is 0 Å². The number of hydrogen-bond acceptors (Lipinski definition) is 3. The number of benzene rings is 2. The molecular weight excluding hydrogens is 224 g/mol. The summed E-state index contributed by atoms with van der Waals surface area (Å²) < 4.78 is 5.78. The molecule has 0 fully saturated rings.